The second kappa shape index (κ2) is 6.74. The highest BCUT2D eigenvalue weighted by atomic mass is 16.5. The van der Waals surface area contributed by atoms with Crippen molar-refractivity contribution in [3.8, 4) is 11.5 Å². The van der Waals surface area contributed by atoms with Gasteiger partial charge in [0.1, 0.15) is 0 Å². The number of carboxylic acid groups (broad SMARTS) is 1. The number of aromatic carboxylic acids is 1. The molecule has 2 aromatic rings. The van der Waals surface area contributed by atoms with Gasteiger partial charge in [-0.15, -0.1) is 0 Å². The molecule has 0 unspecified atom stereocenters. The van der Waals surface area contributed by atoms with Crippen molar-refractivity contribution in [2.45, 2.75) is 6.42 Å². The van der Waals surface area contributed by atoms with Crippen LogP contribution in [0, 0.1) is 0 Å². The van der Waals surface area contributed by atoms with Gasteiger partial charge >= 0.3 is 5.97 Å². The molecule has 0 bridgehead atoms. The van der Waals surface area contributed by atoms with Crippen LogP contribution in [0.1, 0.15) is 37.5 Å². The summed E-state index contributed by atoms with van der Waals surface area (Å²) >= 11 is 0. The van der Waals surface area contributed by atoms with Crippen LogP contribution in [0.25, 0.3) is 0 Å². The molecule has 23 heavy (non-hydrogen) atoms. The number of methoxy groups -OCH3 is 1. The van der Waals surface area contributed by atoms with Gasteiger partial charge in [0.05, 0.1) is 19.1 Å². The lowest BCUT2D eigenvalue weighted by Crippen LogP contribution is -2.13. The molecule has 2 N–H and O–H groups in total. The largest absolute Gasteiger partial charge is 0.504 e. The van der Waals surface area contributed by atoms with E-state index in [4.69, 9.17) is 9.84 Å². The normalized spacial score (nSPS) is 10.1. The SMILES string of the molecule is COc1ccc(C(=O)CC(=O)c2ccccc2C(=O)O)cc1O. The second-order valence-electron chi connectivity index (χ2n) is 4.76. The van der Waals surface area contributed by atoms with Crippen LogP contribution in [0.2, 0.25) is 0 Å². The van der Waals surface area contributed by atoms with Crippen molar-refractivity contribution in [3.63, 3.8) is 0 Å². The number of aromatic hydroxyl groups is 1. The van der Waals surface area contributed by atoms with Crippen LogP contribution >= 0.6 is 0 Å². The zero-order chi connectivity index (χ0) is 17.0. The molecule has 0 saturated heterocycles. The molecule has 0 heterocycles. The minimum absolute atomic E-state index is 0.0221. The van der Waals surface area contributed by atoms with Crippen molar-refractivity contribution < 1.29 is 29.3 Å². The molecule has 0 aliphatic rings. The lowest BCUT2D eigenvalue weighted by atomic mass is 9.97. The zero-order valence-electron chi connectivity index (χ0n) is 12.3. The van der Waals surface area contributed by atoms with E-state index in [-0.39, 0.29) is 28.2 Å². The molecular formula is C17H14O6. The topological polar surface area (TPSA) is 101 Å². The first kappa shape index (κ1) is 16.2. The molecular weight excluding hydrogens is 300 g/mol. The van der Waals surface area contributed by atoms with Crippen LogP contribution in [-0.4, -0.2) is 34.9 Å². The molecule has 0 radical (unpaired) electrons. The van der Waals surface area contributed by atoms with E-state index in [0.717, 1.165) is 0 Å². The molecule has 6 nitrogen and oxygen atoms in total. The lowest BCUT2D eigenvalue weighted by Gasteiger charge is -2.07. The first-order chi connectivity index (χ1) is 10.9. The van der Waals surface area contributed by atoms with Crippen molar-refractivity contribution in [2.75, 3.05) is 7.11 Å². The predicted octanol–water partition coefficient (Wildman–Crippen LogP) is 2.55. The van der Waals surface area contributed by atoms with E-state index in [1.807, 2.05) is 0 Å². The van der Waals surface area contributed by atoms with Crippen molar-refractivity contribution in [3.05, 3.63) is 59.2 Å². The number of benzene rings is 2. The molecule has 0 spiro atoms. The number of carboxylic acids is 1. The summed E-state index contributed by atoms with van der Waals surface area (Å²) in [4.78, 5) is 35.4. The van der Waals surface area contributed by atoms with Gasteiger partial charge in [0, 0.05) is 11.1 Å². The van der Waals surface area contributed by atoms with Crippen molar-refractivity contribution in [1.29, 1.82) is 0 Å². The number of phenolic OH excluding ortho intramolecular Hbond substituents is 1. The summed E-state index contributed by atoms with van der Waals surface area (Å²) in [5.74, 6) is -2.35. The Labute approximate surface area is 131 Å². The standard InChI is InChI=1S/C17H14O6/c1-23-16-7-6-10(8-15(16)20)13(18)9-14(19)11-4-2-3-5-12(11)17(21)22/h2-8,20H,9H2,1H3,(H,21,22). The molecule has 0 aliphatic carbocycles. The smallest absolute Gasteiger partial charge is 0.336 e. The van der Waals surface area contributed by atoms with Gasteiger partial charge in [0.2, 0.25) is 0 Å². The van der Waals surface area contributed by atoms with Crippen molar-refractivity contribution in [2.24, 2.45) is 0 Å². The highest BCUT2D eigenvalue weighted by molar-refractivity contribution is 6.16. The molecule has 0 amide bonds. The number of carbonyl (C=O) groups excluding carboxylic acids is 2. The predicted molar refractivity (Wildman–Crippen MR) is 81.3 cm³/mol. The van der Waals surface area contributed by atoms with Crippen molar-refractivity contribution in [1.82, 2.24) is 0 Å². The van der Waals surface area contributed by atoms with E-state index in [9.17, 15) is 19.5 Å². The van der Waals surface area contributed by atoms with Crippen LogP contribution in [0.4, 0.5) is 0 Å². The molecule has 2 aromatic carbocycles. The fourth-order valence-corrected chi connectivity index (χ4v) is 2.12. The van der Waals surface area contributed by atoms with E-state index in [1.165, 1.54) is 49.6 Å². The number of rotatable bonds is 6. The van der Waals surface area contributed by atoms with E-state index < -0.39 is 24.0 Å². The Bertz CT molecular complexity index is 778. The van der Waals surface area contributed by atoms with Crippen LogP contribution in [0.15, 0.2) is 42.5 Å². The third-order valence-corrected chi connectivity index (χ3v) is 3.28. The number of carbonyl (C=O) groups is 3. The fraction of sp³-hybridized carbons (Fsp3) is 0.118. The summed E-state index contributed by atoms with van der Waals surface area (Å²) in [6, 6.07) is 9.75. The van der Waals surface area contributed by atoms with Gasteiger partial charge in [-0.2, -0.15) is 0 Å². The molecule has 0 aliphatic heterocycles. The quantitative estimate of drug-likeness (QED) is 0.627. The highest BCUT2D eigenvalue weighted by Gasteiger charge is 2.19. The van der Waals surface area contributed by atoms with Gasteiger partial charge < -0.3 is 14.9 Å². The summed E-state index contributed by atoms with van der Waals surface area (Å²) in [6.45, 7) is 0. The molecule has 0 fully saturated rings. The Balaban J connectivity index is 2.22. The van der Waals surface area contributed by atoms with E-state index in [2.05, 4.69) is 0 Å². The maximum Gasteiger partial charge on any atom is 0.336 e. The number of ketones is 2. The molecule has 0 saturated carbocycles. The second-order valence-corrected chi connectivity index (χ2v) is 4.76. The number of hydrogen-bond donors (Lipinski definition) is 2. The Morgan fingerprint density at radius 1 is 1.00 bits per heavy atom. The maximum absolute atomic E-state index is 12.2. The minimum atomic E-state index is -1.23. The first-order valence-electron chi connectivity index (χ1n) is 6.69. The number of hydrogen-bond acceptors (Lipinski definition) is 5. The van der Waals surface area contributed by atoms with Crippen LogP contribution < -0.4 is 4.74 Å². The van der Waals surface area contributed by atoms with Gasteiger partial charge in [0.15, 0.2) is 23.1 Å². The van der Waals surface area contributed by atoms with E-state index in [1.54, 1.807) is 0 Å². The molecule has 118 valence electrons. The van der Waals surface area contributed by atoms with Crippen LogP contribution in [-0.2, 0) is 0 Å². The average Bonchev–Trinajstić information content (AvgIpc) is 2.54. The third-order valence-electron chi connectivity index (χ3n) is 3.28. The molecule has 6 heteroatoms. The van der Waals surface area contributed by atoms with Gasteiger partial charge in [0.25, 0.3) is 0 Å². The number of Topliss-reactive ketones (excluding diaryl/α,β-unsaturated/α-hetero) is 2. The number of ether oxygens (including phenoxy) is 1. The highest BCUT2D eigenvalue weighted by Crippen LogP contribution is 2.27. The maximum atomic E-state index is 12.2. The molecule has 2 rings (SSSR count). The number of phenols is 1. The average molecular weight is 314 g/mol. The zero-order valence-corrected chi connectivity index (χ0v) is 12.3. The van der Waals surface area contributed by atoms with Gasteiger partial charge in [-0.1, -0.05) is 18.2 Å². The molecule has 0 aromatic heterocycles. The lowest BCUT2D eigenvalue weighted by molar-refractivity contribution is 0.0690. The summed E-state index contributed by atoms with van der Waals surface area (Å²) in [6.07, 6.45) is -0.490. The van der Waals surface area contributed by atoms with Gasteiger partial charge in [-0.25, -0.2) is 4.79 Å². The third kappa shape index (κ3) is 3.55. The van der Waals surface area contributed by atoms with Gasteiger partial charge in [-0.05, 0) is 24.3 Å². The monoisotopic (exact) mass is 314 g/mol. The van der Waals surface area contributed by atoms with E-state index >= 15 is 0 Å². The van der Waals surface area contributed by atoms with Crippen molar-refractivity contribution >= 4 is 17.5 Å². The van der Waals surface area contributed by atoms with Crippen LogP contribution in [0.5, 0.6) is 11.5 Å². The summed E-state index contributed by atoms with van der Waals surface area (Å²) < 4.78 is 4.88. The molecule has 0 atom stereocenters. The first-order valence-corrected chi connectivity index (χ1v) is 6.69. The minimum Gasteiger partial charge on any atom is -0.504 e. The van der Waals surface area contributed by atoms with Crippen LogP contribution in [0.3, 0.4) is 0 Å². The summed E-state index contributed by atoms with van der Waals surface area (Å²) in [7, 11) is 1.38. The summed E-state index contributed by atoms with van der Waals surface area (Å²) in [5, 5.41) is 18.7. The summed E-state index contributed by atoms with van der Waals surface area (Å²) in [5.41, 5.74) is -0.0292. The Morgan fingerprint density at radius 3 is 2.22 bits per heavy atom. The fourth-order valence-electron chi connectivity index (χ4n) is 2.12. The Kier molecular flexibility index (Phi) is 4.75. The van der Waals surface area contributed by atoms with E-state index in [0.29, 0.717) is 0 Å². The Hall–Kier alpha value is -3.15. The Morgan fingerprint density at radius 2 is 1.65 bits per heavy atom. The van der Waals surface area contributed by atoms with Gasteiger partial charge in [-0.3, -0.25) is 9.59 Å².